The molecule has 0 bridgehead atoms. The first kappa shape index (κ1) is 12.5. The molecule has 3 nitrogen and oxygen atoms in total. The lowest BCUT2D eigenvalue weighted by Gasteiger charge is -2.23. The number of carbonyl (C=O) groups excluding carboxylic acids is 1. The van der Waals surface area contributed by atoms with Crippen molar-refractivity contribution in [2.75, 3.05) is 6.54 Å². The topological polar surface area (TPSA) is 55.1 Å². The predicted octanol–water partition coefficient (Wildman–Crippen LogP) is 1.67. The molecule has 0 aromatic heterocycles. The molecule has 1 atom stereocenters. The van der Waals surface area contributed by atoms with Crippen LogP contribution in [0, 0.1) is 11.8 Å². The molecule has 1 amide bonds. The number of hydrogen-bond donors (Lipinski definition) is 2. The lowest BCUT2D eigenvalue weighted by Crippen LogP contribution is -2.45. The highest BCUT2D eigenvalue weighted by Gasteiger charge is 2.19. The molecule has 0 aromatic carbocycles. The van der Waals surface area contributed by atoms with Crippen LogP contribution in [-0.4, -0.2) is 18.5 Å². The fraction of sp³-hybridized carbons (Fsp3) is 0.917. The molecule has 0 heterocycles. The van der Waals surface area contributed by atoms with E-state index in [1.807, 2.05) is 13.8 Å². The minimum absolute atomic E-state index is 0.00979. The van der Waals surface area contributed by atoms with Gasteiger partial charge in [-0.05, 0) is 24.7 Å². The van der Waals surface area contributed by atoms with Gasteiger partial charge in [-0.2, -0.15) is 0 Å². The summed E-state index contributed by atoms with van der Waals surface area (Å²) in [5.74, 6) is 0.911. The van der Waals surface area contributed by atoms with Crippen molar-refractivity contribution in [1.29, 1.82) is 0 Å². The van der Waals surface area contributed by atoms with Gasteiger partial charge in [-0.15, -0.1) is 0 Å². The van der Waals surface area contributed by atoms with Gasteiger partial charge >= 0.3 is 0 Å². The Labute approximate surface area is 92.8 Å². The minimum atomic E-state index is -0.353. The molecule has 0 saturated heterocycles. The van der Waals surface area contributed by atoms with E-state index >= 15 is 0 Å². The second-order valence-electron chi connectivity index (χ2n) is 5.02. The van der Waals surface area contributed by atoms with Crippen molar-refractivity contribution in [2.45, 2.75) is 52.0 Å². The van der Waals surface area contributed by atoms with Crippen molar-refractivity contribution < 1.29 is 4.79 Å². The average molecular weight is 212 g/mol. The van der Waals surface area contributed by atoms with E-state index in [0.29, 0.717) is 5.92 Å². The highest BCUT2D eigenvalue weighted by atomic mass is 16.2. The Morgan fingerprint density at radius 1 is 1.33 bits per heavy atom. The van der Waals surface area contributed by atoms with E-state index in [4.69, 9.17) is 5.73 Å². The van der Waals surface area contributed by atoms with Crippen LogP contribution in [0.1, 0.15) is 46.0 Å². The molecule has 1 fully saturated rings. The molecule has 0 aromatic rings. The van der Waals surface area contributed by atoms with Crippen molar-refractivity contribution in [2.24, 2.45) is 17.6 Å². The molecule has 1 aliphatic carbocycles. The summed E-state index contributed by atoms with van der Waals surface area (Å²) < 4.78 is 0. The smallest absolute Gasteiger partial charge is 0.237 e. The molecular formula is C12H24N2O. The Morgan fingerprint density at radius 2 is 1.93 bits per heavy atom. The first-order chi connectivity index (χ1) is 7.11. The maximum absolute atomic E-state index is 11.6. The Balaban J connectivity index is 2.20. The summed E-state index contributed by atoms with van der Waals surface area (Å²) in [6, 6.07) is -0.353. The number of nitrogens with one attached hydrogen (secondary N) is 1. The van der Waals surface area contributed by atoms with E-state index in [1.54, 1.807) is 0 Å². The molecule has 0 unspecified atom stereocenters. The van der Waals surface area contributed by atoms with Crippen LogP contribution in [0.25, 0.3) is 0 Å². The van der Waals surface area contributed by atoms with Crippen molar-refractivity contribution in [3.8, 4) is 0 Å². The fourth-order valence-corrected chi connectivity index (χ4v) is 2.06. The van der Waals surface area contributed by atoms with Gasteiger partial charge in [-0.1, -0.05) is 33.1 Å². The van der Waals surface area contributed by atoms with E-state index in [0.717, 1.165) is 6.54 Å². The quantitative estimate of drug-likeness (QED) is 0.744. The zero-order valence-electron chi connectivity index (χ0n) is 9.96. The molecule has 0 aliphatic heterocycles. The monoisotopic (exact) mass is 212 g/mol. The van der Waals surface area contributed by atoms with Gasteiger partial charge in [-0.25, -0.2) is 0 Å². The zero-order valence-corrected chi connectivity index (χ0v) is 9.96. The summed E-state index contributed by atoms with van der Waals surface area (Å²) in [5.41, 5.74) is 5.76. The van der Waals surface area contributed by atoms with Crippen LogP contribution in [-0.2, 0) is 4.79 Å². The van der Waals surface area contributed by atoms with Crippen LogP contribution in [0.3, 0.4) is 0 Å². The number of rotatable bonds is 4. The van der Waals surface area contributed by atoms with Crippen molar-refractivity contribution >= 4 is 5.91 Å². The summed E-state index contributed by atoms with van der Waals surface area (Å²) in [6.45, 7) is 4.77. The van der Waals surface area contributed by atoms with E-state index in [9.17, 15) is 4.79 Å². The molecule has 1 rings (SSSR count). The van der Waals surface area contributed by atoms with Crippen LogP contribution in [0.15, 0.2) is 0 Å². The van der Waals surface area contributed by atoms with Gasteiger partial charge in [-0.3, -0.25) is 4.79 Å². The maximum Gasteiger partial charge on any atom is 0.237 e. The van der Waals surface area contributed by atoms with Crippen LogP contribution < -0.4 is 11.1 Å². The van der Waals surface area contributed by atoms with E-state index < -0.39 is 0 Å². The van der Waals surface area contributed by atoms with Crippen LogP contribution in [0.2, 0.25) is 0 Å². The van der Waals surface area contributed by atoms with Gasteiger partial charge in [0.2, 0.25) is 5.91 Å². The molecule has 0 radical (unpaired) electrons. The predicted molar refractivity (Wildman–Crippen MR) is 62.4 cm³/mol. The Hall–Kier alpha value is -0.570. The zero-order chi connectivity index (χ0) is 11.3. The molecule has 3 N–H and O–H groups in total. The summed E-state index contributed by atoms with van der Waals surface area (Å²) in [7, 11) is 0. The standard InChI is InChI=1S/C12H24N2O/c1-9(2)11(13)12(15)14-8-10-6-4-3-5-7-10/h9-11H,3-8,13H2,1-2H3,(H,14,15)/t11-/m1/s1. The third-order valence-electron chi connectivity index (χ3n) is 3.31. The summed E-state index contributed by atoms with van der Waals surface area (Å²) in [6.07, 6.45) is 6.51. The third-order valence-corrected chi connectivity index (χ3v) is 3.31. The Kier molecular flexibility index (Phi) is 5.09. The third kappa shape index (κ3) is 4.20. The lowest BCUT2D eigenvalue weighted by atomic mass is 9.89. The van der Waals surface area contributed by atoms with E-state index in [1.165, 1.54) is 32.1 Å². The molecule has 3 heteroatoms. The normalized spacial score (nSPS) is 20.3. The van der Waals surface area contributed by atoms with Gasteiger partial charge in [0.15, 0.2) is 0 Å². The summed E-state index contributed by atoms with van der Waals surface area (Å²) in [4.78, 5) is 11.6. The van der Waals surface area contributed by atoms with Gasteiger partial charge in [0.25, 0.3) is 0 Å². The molecule has 88 valence electrons. The van der Waals surface area contributed by atoms with Crippen molar-refractivity contribution in [3.05, 3.63) is 0 Å². The number of amides is 1. The fourth-order valence-electron chi connectivity index (χ4n) is 2.06. The van der Waals surface area contributed by atoms with E-state index in [-0.39, 0.29) is 17.9 Å². The molecule has 0 spiro atoms. The van der Waals surface area contributed by atoms with Crippen LogP contribution in [0.4, 0.5) is 0 Å². The largest absolute Gasteiger partial charge is 0.354 e. The van der Waals surface area contributed by atoms with Crippen molar-refractivity contribution in [1.82, 2.24) is 5.32 Å². The molecule has 1 aliphatic rings. The van der Waals surface area contributed by atoms with Crippen LogP contribution >= 0.6 is 0 Å². The SMILES string of the molecule is CC(C)[C@@H](N)C(=O)NCC1CCCCC1. The first-order valence-corrected chi connectivity index (χ1v) is 6.14. The van der Waals surface area contributed by atoms with Gasteiger partial charge in [0, 0.05) is 6.54 Å². The molecule has 15 heavy (non-hydrogen) atoms. The van der Waals surface area contributed by atoms with Gasteiger partial charge in [0.1, 0.15) is 0 Å². The first-order valence-electron chi connectivity index (χ1n) is 6.14. The number of hydrogen-bond acceptors (Lipinski definition) is 2. The van der Waals surface area contributed by atoms with Gasteiger partial charge < -0.3 is 11.1 Å². The average Bonchev–Trinajstić information content (AvgIpc) is 2.26. The summed E-state index contributed by atoms with van der Waals surface area (Å²) >= 11 is 0. The Bertz CT molecular complexity index is 198. The number of nitrogens with two attached hydrogens (primary N) is 1. The Morgan fingerprint density at radius 3 is 2.47 bits per heavy atom. The van der Waals surface area contributed by atoms with Crippen LogP contribution in [0.5, 0.6) is 0 Å². The molecule has 1 saturated carbocycles. The molecular weight excluding hydrogens is 188 g/mol. The maximum atomic E-state index is 11.6. The summed E-state index contributed by atoms with van der Waals surface area (Å²) in [5, 5.41) is 2.97. The second kappa shape index (κ2) is 6.11. The highest BCUT2D eigenvalue weighted by Crippen LogP contribution is 2.22. The van der Waals surface area contributed by atoms with E-state index in [2.05, 4.69) is 5.32 Å². The minimum Gasteiger partial charge on any atom is -0.354 e. The van der Waals surface area contributed by atoms with Crippen molar-refractivity contribution in [3.63, 3.8) is 0 Å². The highest BCUT2D eigenvalue weighted by molar-refractivity contribution is 5.81. The lowest BCUT2D eigenvalue weighted by molar-refractivity contribution is -0.123. The second-order valence-corrected chi connectivity index (χ2v) is 5.02. The van der Waals surface area contributed by atoms with Gasteiger partial charge in [0.05, 0.1) is 6.04 Å². The number of carbonyl (C=O) groups is 1.